The average Bonchev–Trinajstić information content (AvgIpc) is 2.45. The van der Waals surface area contributed by atoms with Gasteiger partial charge in [-0.05, 0) is 43.4 Å². The fourth-order valence-electron chi connectivity index (χ4n) is 1.98. The van der Waals surface area contributed by atoms with Crippen molar-refractivity contribution in [1.29, 1.82) is 0 Å². The van der Waals surface area contributed by atoms with Crippen LogP contribution in [0.3, 0.4) is 0 Å². The van der Waals surface area contributed by atoms with Crippen molar-refractivity contribution in [3.8, 4) is 11.8 Å². The zero-order valence-electron chi connectivity index (χ0n) is 10.9. The molecule has 0 aromatic heterocycles. The van der Waals surface area contributed by atoms with Crippen LogP contribution in [0.25, 0.3) is 0 Å². The van der Waals surface area contributed by atoms with E-state index in [2.05, 4.69) is 30.9 Å². The van der Waals surface area contributed by atoms with Crippen LogP contribution in [0.2, 0.25) is 0 Å². The summed E-state index contributed by atoms with van der Waals surface area (Å²) in [7, 11) is 0. The maximum Gasteiger partial charge on any atom is 0.158 e. The van der Waals surface area contributed by atoms with Crippen LogP contribution in [0.4, 0.5) is 0 Å². The Morgan fingerprint density at radius 2 is 2.33 bits per heavy atom. The molecule has 0 bridgehead atoms. The summed E-state index contributed by atoms with van der Waals surface area (Å²) < 4.78 is 11.0. The second-order valence-electron chi connectivity index (χ2n) is 4.46. The molecule has 1 aliphatic heterocycles. The van der Waals surface area contributed by atoms with Gasteiger partial charge in [0.1, 0.15) is 6.61 Å². The van der Waals surface area contributed by atoms with Crippen LogP contribution >= 0.6 is 0 Å². The highest BCUT2D eigenvalue weighted by molar-refractivity contribution is 5.37. The SMILES string of the molecule is CCc1cccc(C#CCOC2CCCCO2)c1. The van der Waals surface area contributed by atoms with Gasteiger partial charge < -0.3 is 9.47 Å². The van der Waals surface area contributed by atoms with Crippen molar-refractivity contribution >= 4 is 0 Å². The number of ether oxygens (including phenoxy) is 2. The zero-order valence-corrected chi connectivity index (χ0v) is 10.9. The van der Waals surface area contributed by atoms with Crippen LogP contribution in [0, 0.1) is 11.8 Å². The minimum atomic E-state index is -0.0463. The van der Waals surface area contributed by atoms with E-state index in [0.717, 1.165) is 31.4 Å². The predicted molar refractivity (Wildman–Crippen MR) is 72.2 cm³/mol. The maximum atomic E-state index is 5.57. The smallest absolute Gasteiger partial charge is 0.158 e. The molecule has 0 aliphatic carbocycles. The molecule has 1 aromatic rings. The Balaban J connectivity index is 1.80. The topological polar surface area (TPSA) is 18.5 Å². The van der Waals surface area contributed by atoms with Crippen molar-refractivity contribution in [2.75, 3.05) is 13.2 Å². The molecule has 1 aliphatic rings. The van der Waals surface area contributed by atoms with Crippen LogP contribution in [-0.2, 0) is 15.9 Å². The lowest BCUT2D eigenvalue weighted by Crippen LogP contribution is -2.22. The molecule has 0 saturated carbocycles. The van der Waals surface area contributed by atoms with Gasteiger partial charge in [0.2, 0.25) is 0 Å². The predicted octanol–water partition coefficient (Wildman–Crippen LogP) is 3.14. The van der Waals surface area contributed by atoms with Crippen molar-refractivity contribution in [2.24, 2.45) is 0 Å². The van der Waals surface area contributed by atoms with E-state index in [4.69, 9.17) is 9.47 Å². The molecule has 1 aromatic carbocycles. The lowest BCUT2D eigenvalue weighted by Gasteiger charge is -2.21. The van der Waals surface area contributed by atoms with Gasteiger partial charge in [0.25, 0.3) is 0 Å². The fraction of sp³-hybridized carbons (Fsp3) is 0.500. The number of hydrogen-bond acceptors (Lipinski definition) is 2. The van der Waals surface area contributed by atoms with Crippen LogP contribution in [0.1, 0.15) is 37.3 Å². The molecule has 2 heteroatoms. The summed E-state index contributed by atoms with van der Waals surface area (Å²) >= 11 is 0. The molecule has 2 nitrogen and oxygen atoms in total. The molecule has 1 saturated heterocycles. The second kappa shape index (κ2) is 7.20. The van der Waals surface area contributed by atoms with Crippen LogP contribution in [0.5, 0.6) is 0 Å². The highest BCUT2D eigenvalue weighted by Gasteiger charge is 2.12. The second-order valence-corrected chi connectivity index (χ2v) is 4.46. The van der Waals surface area contributed by atoms with Gasteiger partial charge in [-0.2, -0.15) is 0 Å². The monoisotopic (exact) mass is 244 g/mol. The van der Waals surface area contributed by atoms with Gasteiger partial charge in [-0.3, -0.25) is 0 Å². The third kappa shape index (κ3) is 4.18. The third-order valence-electron chi connectivity index (χ3n) is 3.05. The van der Waals surface area contributed by atoms with E-state index in [9.17, 15) is 0 Å². The number of hydrogen-bond donors (Lipinski definition) is 0. The molecule has 1 unspecified atom stereocenters. The first-order valence-corrected chi connectivity index (χ1v) is 6.69. The van der Waals surface area contributed by atoms with Crippen molar-refractivity contribution < 1.29 is 9.47 Å². The first-order valence-electron chi connectivity index (χ1n) is 6.69. The Morgan fingerprint density at radius 1 is 1.39 bits per heavy atom. The van der Waals surface area contributed by atoms with Gasteiger partial charge >= 0.3 is 0 Å². The molecule has 0 amide bonds. The van der Waals surface area contributed by atoms with Gasteiger partial charge in [0, 0.05) is 12.2 Å². The molecular formula is C16H20O2. The van der Waals surface area contributed by atoms with Gasteiger partial charge in [-0.1, -0.05) is 30.9 Å². The summed E-state index contributed by atoms with van der Waals surface area (Å²) in [5, 5.41) is 0. The minimum absolute atomic E-state index is 0.0463. The van der Waals surface area contributed by atoms with Gasteiger partial charge in [-0.25, -0.2) is 0 Å². The van der Waals surface area contributed by atoms with Crippen molar-refractivity contribution in [3.63, 3.8) is 0 Å². The Bertz CT molecular complexity index is 422. The van der Waals surface area contributed by atoms with E-state index >= 15 is 0 Å². The lowest BCUT2D eigenvalue weighted by molar-refractivity contribution is -0.154. The van der Waals surface area contributed by atoms with Crippen LogP contribution in [0.15, 0.2) is 24.3 Å². The van der Waals surface area contributed by atoms with E-state index in [-0.39, 0.29) is 6.29 Å². The highest BCUT2D eigenvalue weighted by atomic mass is 16.7. The quantitative estimate of drug-likeness (QED) is 0.760. The number of benzene rings is 1. The van der Waals surface area contributed by atoms with E-state index in [1.165, 1.54) is 12.0 Å². The molecule has 18 heavy (non-hydrogen) atoms. The molecule has 0 N–H and O–H groups in total. The summed E-state index contributed by atoms with van der Waals surface area (Å²) in [5.74, 6) is 6.18. The Hall–Kier alpha value is -1.30. The summed E-state index contributed by atoms with van der Waals surface area (Å²) in [6.07, 6.45) is 4.33. The fourth-order valence-corrected chi connectivity index (χ4v) is 1.98. The van der Waals surface area contributed by atoms with Crippen molar-refractivity contribution in [1.82, 2.24) is 0 Å². The van der Waals surface area contributed by atoms with Crippen LogP contribution in [-0.4, -0.2) is 19.5 Å². The molecule has 1 heterocycles. The first-order chi connectivity index (χ1) is 8.88. The molecule has 0 radical (unpaired) electrons. The van der Waals surface area contributed by atoms with Crippen molar-refractivity contribution in [2.45, 2.75) is 38.9 Å². The zero-order chi connectivity index (χ0) is 12.6. The van der Waals surface area contributed by atoms with E-state index in [0.29, 0.717) is 6.61 Å². The van der Waals surface area contributed by atoms with Gasteiger partial charge in [0.05, 0.1) is 0 Å². The molecule has 1 fully saturated rings. The average molecular weight is 244 g/mol. The maximum absolute atomic E-state index is 5.57. The van der Waals surface area contributed by atoms with E-state index < -0.39 is 0 Å². The minimum Gasteiger partial charge on any atom is -0.353 e. The molecule has 2 rings (SSSR count). The number of rotatable bonds is 3. The molecule has 1 atom stereocenters. The summed E-state index contributed by atoms with van der Waals surface area (Å²) in [6.45, 7) is 3.41. The number of aryl methyl sites for hydroxylation is 1. The molecule has 0 spiro atoms. The normalized spacial score (nSPS) is 19.1. The van der Waals surface area contributed by atoms with Crippen LogP contribution < -0.4 is 0 Å². The van der Waals surface area contributed by atoms with Gasteiger partial charge in [-0.15, -0.1) is 0 Å². The van der Waals surface area contributed by atoms with E-state index in [1.807, 2.05) is 12.1 Å². The highest BCUT2D eigenvalue weighted by Crippen LogP contribution is 2.13. The third-order valence-corrected chi connectivity index (χ3v) is 3.05. The van der Waals surface area contributed by atoms with Gasteiger partial charge in [0.15, 0.2) is 6.29 Å². The Kier molecular flexibility index (Phi) is 5.26. The summed E-state index contributed by atoms with van der Waals surface area (Å²) in [5.41, 5.74) is 2.38. The Labute approximate surface area is 109 Å². The van der Waals surface area contributed by atoms with Crippen molar-refractivity contribution in [3.05, 3.63) is 35.4 Å². The summed E-state index contributed by atoms with van der Waals surface area (Å²) in [4.78, 5) is 0. The van der Waals surface area contributed by atoms with E-state index in [1.54, 1.807) is 0 Å². The lowest BCUT2D eigenvalue weighted by atomic mass is 10.1. The largest absolute Gasteiger partial charge is 0.353 e. The molecular weight excluding hydrogens is 224 g/mol. The molecule has 96 valence electrons. The summed E-state index contributed by atoms with van der Waals surface area (Å²) in [6, 6.07) is 8.33. The first kappa shape index (κ1) is 13.1. The Morgan fingerprint density at radius 3 is 3.11 bits per heavy atom. The standard InChI is InChI=1S/C16H20O2/c1-2-14-7-5-8-15(13-14)9-6-12-18-16-10-3-4-11-17-16/h5,7-8,13,16H,2-4,10-12H2,1H3.